The topological polar surface area (TPSA) is 93.6 Å². The molecule has 0 saturated carbocycles. The highest BCUT2D eigenvalue weighted by Crippen LogP contribution is 2.19. The largest absolute Gasteiger partial charge is 0.479 e. The molecule has 1 rings (SSSR count). The van der Waals surface area contributed by atoms with Crippen molar-refractivity contribution in [1.82, 2.24) is 9.97 Å². The lowest BCUT2D eigenvalue weighted by molar-refractivity contribution is -0.141. The van der Waals surface area contributed by atoms with Crippen LogP contribution in [0.2, 0.25) is 0 Å². The summed E-state index contributed by atoms with van der Waals surface area (Å²) < 4.78 is 5.24. The Hall–Kier alpha value is -1.89. The van der Waals surface area contributed by atoms with Crippen molar-refractivity contribution < 1.29 is 19.5 Å². The molecule has 88 valence electrons. The van der Waals surface area contributed by atoms with Gasteiger partial charge in [-0.25, -0.2) is 20.2 Å². The number of carbonyl (C=O) groups is 1. The molecule has 0 unspecified atom stereocenters. The molecular formula is C9H13N3O4. The van der Waals surface area contributed by atoms with E-state index in [1.807, 2.05) is 6.92 Å². The van der Waals surface area contributed by atoms with Crippen molar-refractivity contribution in [2.24, 2.45) is 0 Å². The number of aliphatic carboxylic acids is 1. The maximum absolute atomic E-state index is 10.2. The predicted octanol–water partition coefficient (Wildman–Crippen LogP) is 0.612. The molecule has 16 heavy (non-hydrogen) atoms. The van der Waals surface area contributed by atoms with Crippen molar-refractivity contribution in [3.8, 4) is 5.88 Å². The van der Waals surface area contributed by atoms with E-state index < -0.39 is 12.6 Å². The summed E-state index contributed by atoms with van der Waals surface area (Å²) in [5, 5.41) is 8.38. The van der Waals surface area contributed by atoms with E-state index in [0.717, 1.165) is 0 Å². The summed E-state index contributed by atoms with van der Waals surface area (Å²) in [5.41, 5.74) is 3.09. The Kier molecular flexibility index (Phi) is 4.46. The monoisotopic (exact) mass is 227 g/mol. The number of hydrogen-bond acceptors (Lipinski definition) is 6. The number of aromatic nitrogens is 2. The van der Waals surface area contributed by atoms with Crippen LogP contribution in [0.15, 0.2) is 6.33 Å². The van der Waals surface area contributed by atoms with Crippen LogP contribution in [-0.4, -0.2) is 34.3 Å². The highest BCUT2D eigenvalue weighted by Gasteiger charge is 2.08. The smallest absolute Gasteiger partial charge is 0.332 e. The summed E-state index contributed by atoms with van der Waals surface area (Å²) in [4.78, 5) is 22.7. The predicted molar refractivity (Wildman–Crippen MR) is 55.1 cm³/mol. The van der Waals surface area contributed by atoms with Crippen LogP contribution in [0.3, 0.4) is 0 Å². The van der Waals surface area contributed by atoms with Crippen LogP contribution in [0.4, 0.5) is 5.82 Å². The summed E-state index contributed by atoms with van der Waals surface area (Å²) in [5.74, 6) is -0.233. The van der Waals surface area contributed by atoms with Gasteiger partial charge in [0, 0.05) is 0 Å². The van der Waals surface area contributed by atoms with Crippen molar-refractivity contribution >= 4 is 11.8 Å². The Labute approximate surface area is 92.4 Å². The number of hydrogen-bond donors (Lipinski definition) is 2. The average Bonchev–Trinajstić information content (AvgIpc) is 2.23. The molecule has 0 saturated heterocycles. The lowest BCUT2D eigenvalue weighted by Gasteiger charge is -2.10. The zero-order valence-electron chi connectivity index (χ0n) is 9.06. The molecule has 0 radical (unpaired) electrons. The molecule has 1 heterocycles. The third-order valence-electron chi connectivity index (χ3n) is 1.68. The molecule has 0 spiro atoms. The molecule has 0 aromatic carbocycles. The second-order valence-electron chi connectivity index (χ2n) is 2.87. The number of nitrogens with zero attached hydrogens (tertiary/aromatic N) is 2. The van der Waals surface area contributed by atoms with Crippen LogP contribution >= 0.6 is 0 Å². The van der Waals surface area contributed by atoms with Crippen LogP contribution in [0.1, 0.15) is 12.5 Å². The first kappa shape index (κ1) is 12.2. The first-order valence-corrected chi connectivity index (χ1v) is 4.69. The van der Waals surface area contributed by atoms with Crippen LogP contribution in [0.25, 0.3) is 0 Å². The third-order valence-corrected chi connectivity index (χ3v) is 1.68. The van der Waals surface area contributed by atoms with E-state index in [1.165, 1.54) is 6.33 Å². The summed E-state index contributed by atoms with van der Waals surface area (Å²) in [7, 11) is 0. The molecular weight excluding hydrogens is 214 g/mol. The fraction of sp³-hybridized carbons (Fsp3) is 0.444. The highest BCUT2D eigenvalue weighted by atomic mass is 16.7. The standard InChI is InChI=1S/C9H13N3O4/c1-3-15-9-6(2)8(10-5-11-9)12-16-4-7(13)14/h5H,3-4H2,1-2H3,(H,13,14)(H,10,11,12). The molecule has 0 fully saturated rings. The minimum atomic E-state index is -1.07. The Morgan fingerprint density at radius 3 is 2.94 bits per heavy atom. The van der Waals surface area contributed by atoms with Gasteiger partial charge in [0.05, 0.1) is 12.2 Å². The van der Waals surface area contributed by atoms with Gasteiger partial charge in [0.15, 0.2) is 12.4 Å². The Morgan fingerprint density at radius 1 is 1.56 bits per heavy atom. The van der Waals surface area contributed by atoms with Gasteiger partial charge >= 0.3 is 5.97 Å². The fourth-order valence-corrected chi connectivity index (χ4v) is 0.985. The van der Waals surface area contributed by atoms with Gasteiger partial charge in [-0.2, -0.15) is 0 Å². The molecule has 7 heteroatoms. The van der Waals surface area contributed by atoms with E-state index in [0.29, 0.717) is 23.9 Å². The van der Waals surface area contributed by atoms with Crippen molar-refractivity contribution in [3.05, 3.63) is 11.9 Å². The van der Waals surface area contributed by atoms with Crippen molar-refractivity contribution in [1.29, 1.82) is 0 Å². The number of nitrogens with one attached hydrogen (secondary N) is 1. The van der Waals surface area contributed by atoms with E-state index in [4.69, 9.17) is 14.7 Å². The Morgan fingerprint density at radius 2 is 2.31 bits per heavy atom. The van der Waals surface area contributed by atoms with Gasteiger partial charge < -0.3 is 9.84 Å². The number of carboxylic acid groups (broad SMARTS) is 1. The van der Waals surface area contributed by atoms with Gasteiger partial charge in [0.25, 0.3) is 0 Å². The zero-order valence-corrected chi connectivity index (χ0v) is 9.06. The average molecular weight is 227 g/mol. The molecule has 1 aromatic rings. The van der Waals surface area contributed by atoms with E-state index in [9.17, 15) is 4.79 Å². The number of ether oxygens (including phenoxy) is 1. The van der Waals surface area contributed by atoms with Gasteiger partial charge in [-0.3, -0.25) is 4.84 Å². The summed E-state index contributed by atoms with van der Waals surface area (Å²) in [6, 6.07) is 0. The van der Waals surface area contributed by atoms with Gasteiger partial charge in [-0.15, -0.1) is 0 Å². The third kappa shape index (κ3) is 3.35. The first-order valence-electron chi connectivity index (χ1n) is 4.69. The Bertz CT molecular complexity index is 370. The summed E-state index contributed by atoms with van der Waals surface area (Å²) >= 11 is 0. The SMILES string of the molecule is CCOc1ncnc(NOCC(=O)O)c1C. The normalized spacial score (nSPS) is 9.88. The molecule has 0 amide bonds. The van der Waals surface area contributed by atoms with Crippen molar-refractivity contribution in [2.45, 2.75) is 13.8 Å². The maximum atomic E-state index is 10.2. The minimum Gasteiger partial charge on any atom is -0.479 e. The molecule has 0 aliphatic rings. The van der Waals surface area contributed by atoms with E-state index in [2.05, 4.69) is 15.4 Å². The molecule has 0 aliphatic carbocycles. The number of anilines is 1. The quantitative estimate of drug-likeness (QED) is 0.687. The van der Waals surface area contributed by atoms with E-state index in [1.54, 1.807) is 6.92 Å². The molecule has 1 aromatic heterocycles. The Balaban J connectivity index is 2.65. The van der Waals surface area contributed by atoms with Gasteiger partial charge in [0.1, 0.15) is 6.33 Å². The molecule has 2 N–H and O–H groups in total. The number of carboxylic acids is 1. The maximum Gasteiger partial charge on any atom is 0.332 e. The lowest BCUT2D eigenvalue weighted by Crippen LogP contribution is -2.13. The highest BCUT2D eigenvalue weighted by molar-refractivity contribution is 5.68. The zero-order chi connectivity index (χ0) is 12.0. The van der Waals surface area contributed by atoms with E-state index in [-0.39, 0.29) is 0 Å². The van der Waals surface area contributed by atoms with Gasteiger partial charge in [0.2, 0.25) is 5.88 Å². The van der Waals surface area contributed by atoms with Crippen molar-refractivity contribution in [3.63, 3.8) is 0 Å². The molecule has 0 bridgehead atoms. The molecule has 0 aliphatic heterocycles. The van der Waals surface area contributed by atoms with Crippen LogP contribution in [0, 0.1) is 6.92 Å². The minimum absolute atomic E-state index is 0.389. The summed E-state index contributed by atoms with van der Waals surface area (Å²) in [6.07, 6.45) is 1.31. The second-order valence-corrected chi connectivity index (χ2v) is 2.87. The number of rotatable bonds is 6. The fourth-order valence-electron chi connectivity index (χ4n) is 0.985. The van der Waals surface area contributed by atoms with E-state index >= 15 is 0 Å². The first-order chi connectivity index (χ1) is 7.65. The van der Waals surface area contributed by atoms with Crippen molar-refractivity contribution in [2.75, 3.05) is 18.7 Å². The van der Waals surface area contributed by atoms with Gasteiger partial charge in [-0.05, 0) is 13.8 Å². The molecule has 7 nitrogen and oxygen atoms in total. The lowest BCUT2D eigenvalue weighted by atomic mass is 10.3. The molecule has 0 atom stereocenters. The van der Waals surface area contributed by atoms with Crippen LogP contribution < -0.4 is 10.2 Å². The van der Waals surface area contributed by atoms with Crippen LogP contribution in [0.5, 0.6) is 5.88 Å². The van der Waals surface area contributed by atoms with Crippen LogP contribution in [-0.2, 0) is 9.63 Å². The van der Waals surface area contributed by atoms with Gasteiger partial charge in [-0.1, -0.05) is 0 Å². The summed E-state index contributed by atoms with van der Waals surface area (Å²) in [6.45, 7) is 3.63. The second kappa shape index (κ2) is 5.86.